The van der Waals surface area contributed by atoms with Gasteiger partial charge >= 0.3 is 5.97 Å². The van der Waals surface area contributed by atoms with E-state index in [4.69, 9.17) is 4.74 Å². The SMILES string of the molecule is COC(=O)Cn1ccc(-c2cc(OC)ns2)cc1=O. The number of pyridine rings is 1. The van der Waals surface area contributed by atoms with Crippen LogP contribution in [0.2, 0.25) is 0 Å². The van der Waals surface area contributed by atoms with Crippen LogP contribution in [-0.4, -0.2) is 29.1 Å². The lowest BCUT2D eigenvalue weighted by atomic mass is 10.2. The van der Waals surface area contributed by atoms with E-state index in [-0.39, 0.29) is 12.1 Å². The Bertz CT molecular complexity index is 647. The van der Waals surface area contributed by atoms with E-state index in [1.54, 1.807) is 18.3 Å². The molecule has 7 heteroatoms. The average molecular weight is 280 g/mol. The Kier molecular flexibility index (Phi) is 3.96. The minimum absolute atomic E-state index is 0.0956. The molecule has 0 fully saturated rings. The standard InChI is InChI=1S/C12H12N2O4S/c1-17-10-6-9(19-13-10)8-3-4-14(11(15)5-8)7-12(16)18-2/h3-6H,7H2,1-2H3. The van der Waals surface area contributed by atoms with Gasteiger partial charge in [0.2, 0.25) is 5.88 Å². The summed E-state index contributed by atoms with van der Waals surface area (Å²) in [4.78, 5) is 23.8. The smallest absolute Gasteiger partial charge is 0.325 e. The first-order valence-corrected chi connectivity index (χ1v) is 6.19. The van der Waals surface area contributed by atoms with Gasteiger partial charge in [0.15, 0.2) is 0 Å². The molecule has 100 valence electrons. The number of esters is 1. The molecule has 0 amide bonds. The largest absolute Gasteiger partial charge is 0.480 e. The maximum Gasteiger partial charge on any atom is 0.325 e. The molecule has 0 aliphatic carbocycles. The van der Waals surface area contributed by atoms with Crippen LogP contribution in [0.5, 0.6) is 5.88 Å². The molecular formula is C12H12N2O4S. The van der Waals surface area contributed by atoms with Crippen LogP contribution in [-0.2, 0) is 16.1 Å². The third-order valence-electron chi connectivity index (χ3n) is 2.51. The van der Waals surface area contributed by atoms with E-state index in [0.29, 0.717) is 5.88 Å². The number of hydrogen-bond acceptors (Lipinski definition) is 6. The van der Waals surface area contributed by atoms with Crippen molar-refractivity contribution >= 4 is 17.5 Å². The van der Waals surface area contributed by atoms with Gasteiger partial charge in [0.05, 0.1) is 19.1 Å². The summed E-state index contributed by atoms with van der Waals surface area (Å²) in [6.45, 7) is -0.0956. The van der Waals surface area contributed by atoms with Crippen LogP contribution < -0.4 is 10.3 Å². The Labute approximate surface area is 113 Å². The topological polar surface area (TPSA) is 70.4 Å². The molecule has 0 bridgehead atoms. The second-order valence-corrected chi connectivity index (χ2v) is 4.50. The zero-order valence-electron chi connectivity index (χ0n) is 10.5. The van der Waals surface area contributed by atoms with Crippen LogP contribution in [0.4, 0.5) is 0 Å². The summed E-state index contributed by atoms with van der Waals surface area (Å²) in [6, 6.07) is 4.96. The summed E-state index contributed by atoms with van der Waals surface area (Å²) >= 11 is 1.25. The quantitative estimate of drug-likeness (QED) is 0.786. The van der Waals surface area contributed by atoms with Crippen LogP contribution in [0.15, 0.2) is 29.2 Å². The fourth-order valence-electron chi connectivity index (χ4n) is 1.49. The Morgan fingerprint density at radius 2 is 2.21 bits per heavy atom. The van der Waals surface area contributed by atoms with Gasteiger partial charge in [-0.15, -0.1) is 0 Å². The summed E-state index contributed by atoms with van der Waals surface area (Å²) in [6.07, 6.45) is 1.56. The molecule has 0 aliphatic heterocycles. The number of carbonyl (C=O) groups excluding carboxylic acids is 1. The van der Waals surface area contributed by atoms with Crippen molar-refractivity contribution < 1.29 is 14.3 Å². The highest BCUT2D eigenvalue weighted by atomic mass is 32.1. The molecule has 19 heavy (non-hydrogen) atoms. The van der Waals surface area contributed by atoms with Crippen molar-refractivity contribution in [2.45, 2.75) is 6.54 Å². The van der Waals surface area contributed by atoms with Crippen molar-refractivity contribution in [3.63, 3.8) is 0 Å². The highest BCUT2D eigenvalue weighted by molar-refractivity contribution is 7.09. The summed E-state index contributed by atoms with van der Waals surface area (Å²) in [5.74, 6) is 0.0491. The molecule has 2 aromatic rings. The Morgan fingerprint density at radius 1 is 1.42 bits per heavy atom. The van der Waals surface area contributed by atoms with Gasteiger partial charge in [0.25, 0.3) is 5.56 Å². The van der Waals surface area contributed by atoms with Gasteiger partial charge in [-0.3, -0.25) is 9.59 Å². The van der Waals surface area contributed by atoms with E-state index in [2.05, 4.69) is 9.11 Å². The molecule has 0 N–H and O–H groups in total. The van der Waals surface area contributed by atoms with Gasteiger partial charge in [-0.1, -0.05) is 0 Å². The summed E-state index contributed by atoms with van der Waals surface area (Å²) in [5, 5.41) is 0. The predicted octanol–water partition coefficient (Wildman–Crippen LogP) is 1.15. The third kappa shape index (κ3) is 3.00. The fraction of sp³-hybridized carbons (Fsp3) is 0.250. The normalized spacial score (nSPS) is 10.2. The molecule has 0 aliphatic rings. The maximum absolute atomic E-state index is 11.8. The van der Waals surface area contributed by atoms with E-state index in [9.17, 15) is 9.59 Å². The van der Waals surface area contributed by atoms with Gasteiger partial charge in [0.1, 0.15) is 6.54 Å². The van der Waals surface area contributed by atoms with Gasteiger partial charge in [-0.05, 0) is 17.6 Å². The molecule has 2 aromatic heterocycles. The van der Waals surface area contributed by atoms with Crippen molar-refractivity contribution in [1.29, 1.82) is 0 Å². The fourth-order valence-corrected chi connectivity index (χ4v) is 2.19. The summed E-state index contributed by atoms with van der Waals surface area (Å²) in [7, 11) is 2.82. The Balaban J connectivity index is 2.28. The zero-order chi connectivity index (χ0) is 13.8. The lowest BCUT2D eigenvalue weighted by Gasteiger charge is -2.04. The third-order valence-corrected chi connectivity index (χ3v) is 3.33. The first-order chi connectivity index (χ1) is 9.13. The number of hydrogen-bond donors (Lipinski definition) is 0. The molecule has 0 unspecified atom stereocenters. The van der Waals surface area contributed by atoms with Gasteiger partial charge in [-0.2, -0.15) is 4.37 Å². The molecule has 0 aromatic carbocycles. The number of nitrogens with zero attached hydrogens (tertiary/aromatic N) is 2. The van der Waals surface area contributed by atoms with Crippen LogP contribution in [0.1, 0.15) is 0 Å². The van der Waals surface area contributed by atoms with Crippen molar-refractivity contribution in [1.82, 2.24) is 8.94 Å². The van der Waals surface area contributed by atoms with Crippen LogP contribution >= 0.6 is 11.5 Å². The molecule has 2 rings (SSSR count). The second kappa shape index (κ2) is 5.66. The molecule has 0 spiro atoms. The number of rotatable bonds is 4. The van der Waals surface area contributed by atoms with E-state index in [1.165, 1.54) is 36.4 Å². The zero-order valence-corrected chi connectivity index (χ0v) is 11.3. The molecule has 2 heterocycles. The average Bonchev–Trinajstić information content (AvgIpc) is 2.89. The minimum atomic E-state index is -0.464. The van der Waals surface area contributed by atoms with Crippen molar-refractivity contribution in [3.05, 3.63) is 34.7 Å². The van der Waals surface area contributed by atoms with E-state index in [1.807, 2.05) is 0 Å². The number of ether oxygens (including phenoxy) is 2. The van der Waals surface area contributed by atoms with Gasteiger partial charge in [-0.25, -0.2) is 0 Å². The molecular weight excluding hydrogens is 268 g/mol. The van der Waals surface area contributed by atoms with Crippen LogP contribution in [0.25, 0.3) is 10.4 Å². The first kappa shape index (κ1) is 13.3. The second-order valence-electron chi connectivity index (χ2n) is 3.69. The summed E-state index contributed by atoms with van der Waals surface area (Å²) < 4.78 is 14.9. The van der Waals surface area contributed by atoms with E-state index < -0.39 is 5.97 Å². The van der Waals surface area contributed by atoms with Gasteiger partial charge < -0.3 is 14.0 Å². The van der Waals surface area contributed by atoms with Crippen molar-refractivity contribution in [3.8, 4) is 16.3 Å². The predicted molar refractivity (Wildman–Crippen MR) is 70.4 cm³/mol. The minimum Gasteiger partial charge on any atom is -0.480 e. The summed E-state index contributed by atoms with van der Waals surface area (Å²) in [5.41, 5.74) is 0.474. The Morgan fingerprint density at radius 3 is 2.79 bits per heavy atom. The van der Waals surface area contributed by atoms with Crippen molar-refractivity contribution in [2.75, 3.05) is 14.2 Å². The number of methoxy groups -OCH3 is 2. The van der Waals surface area contributed by atoms with Crippen molar-refractivity contribution in [2.24, 2.45) is 0 Å². The Hall–Kier alpha value is -2.15. The molecule has 0 saturated carbocycles. The first-order valence-electron chi connectivity index (χ1n) is 5.42. The molecule has 0 radical (unpaired) electrons. The van der Waals surface area contributed by atoms with Crippen LogP contribution in [0.3, 0.4) is 0 Å². The lowest BCUT2D eigenvalue weighted by Crippen LogP contribution is -2.23. The number of aromatic nitrogens is 2. The highest BCUT2D eigenvalue weighted by Crippen LogP contribution is 2.26. The maximum atomic E-state index is 11.8. The number of carbonyl (C=O) groups is 1. The molecule has 0 atom stereocenters. The monoisotopic (exact) mass is 280 g/mol. The molecule has 0 saturated heterocycles. The highest BCUT2D eigenvalue weighted by Gasteiger charge is 2.08. The van der Waals surface area contributed by atoms with E-state index >= 15 is 0 Å². The molecule has 6 nitrogen and oxygen atoms in total. The van der Waals surface area contributed by atoms with Gasteiger partial charge in [0, 0.05) is 23.9 Å². The lowest BCUT2D eigenvalue weighted by molar-refractivity contribution is -0.141. The van der Waals surface area contributed by atoms with Crippen LogP contribution in [0, 0.1) is 0 Å². The van der Waals surface area contributed by atoms with E-state index in [0.717, 1.165) is 10.4 Å².